The van der Waals surface area contributed by atoms with Crippen molar-refractivity contribution in [3.8, 4) is 0 Å². The number of hydrogen-bond acceptors (Lipinski definition) is 2. The molecule has 1 saturated carbocycles. The van der Waals surface area contributed by atoms with Crippen molar-refractivity contribution in [3.63, 3.8) is 0 Å². The fraction of sp³-hybridized carbons (Fsp3) is 0.636. The predicted octanol–water partition coefficient (Wildman–Crippen LogP) is 4.93. The van der Waals surface area contributed by atoms with Crippen LogP contribution in [0.15, 0.2) is 42.5 Å². The molecule has 2 rings (SSSR count). The van der Waals surface area contributed by atoms with Gasteiger partial charge in [-0.2, -0.15) is 0 Å². The molecule has 0 unspecified atom stereocenters. The summed E-state index contributed by atoms with van der Waals surface area (Å²) in [7, 11) is -1.87. The van der Waals surface area contributed by atoms with Gasteiger partial charge in [-0.1, -0.05) is 0 Å². The Morgan fingerprint density at radius 1 is 1.31 bits per heavy atom. The number of allylic oxidation sites excluding steroid dienone is 1. The van der Waals surface area contributed by atoms with E-state index in [1.807, 2.05) is 0 Å². The summed E-state index contributed by atoms with van der Waals surface area (Å²) in [5.74, 6) is 0.527. The van der Waals surface area contributed by atoms with Gasteiger partial charge in [0.1, 0.15) is 0 Å². The molecule has 1 aromatic carbocycles. The van der Waals surface area contributed by atoms with Crippen LogP contribution in [0.3, 0.4) is 0 Å². The topological polar surface area (TPSA) is 29.5 Å². The summed E-state index contributed by atoms with van der Waals surface area (Å²) in [6, 6.07) is 10.6. The van der Waals surface area contributed by atoms with E-state index < -0.39 is 13.9 Å². The van der Waals surface area contributed by atoms with Gasteiger partial charge in [-0.25, -0.2) is 0 Å². The summed E-state index contributed by atoms with van der Waals surface area (Å²) in [6.07, 6.45) is 2.87. The van der Waals surface area contributed by atoms with Crippen LogP contribution >= 0.6 is 0 Å². The second-order valence-electron chi connectivity index (χ2n) is 9.39. The Labute approximate surface area is 167 Å². The standard InChI is InChI=1S/C22H36O2SeSi/c1-17(2)18-13-14-22(23,16-24-26(6,7)21(3,4)5)20(15-18)25-19-11-9-8-10-12-19/h8-12,18,20,23H,1,13-16H2,2-7H3/t18-,20-,22+/m1/s1. The molecule has 1 aromatic rings. The second kappa shape index (κ2) is 8.32. The number of hydrogen-bond donors (Lipinski definition) is 1. The third-order valence-electron chi connectivity index (χ3n) is 6.23. The molecular weight excluding hydrogens is 403 g/mol. The zero-order valence-electron chi connectivity index (χ0n) is 17.3. The summed E-state index contributed by atoms with van der Waals surface area (Å²) in [6.45, 7) is 18.1. The molecule has 0 bridgehead atoms. The zero-order valence-corrected chi connectivity index (χ0v) is 20.1. The maximum absolute atomic E-state index is 11.6. The Morgan fingerprint density at radius 2 is 1.92 bits per heavy atom. The maximum atomic E-state index is 11.6. The van der Waals surface area contributed by atoms with Crippen molar-refractivity contribution in [1.82, 2.24) is 0 Å². The first-order valence-corrected chi connectivity index (χ1v) is 14.4. The summed E-state index contributed by atoms with van der Waals surface area (Å²) in [4.78, 5) is 0.276. The third-order valence-corrected chi connectivity index (χ3v) is 13.8. The van der Waals surface area contributed by atoms with Gasteiger partial charge in [-0.3, -0.25) is 0 Å². The van der Waals surface area contributed by atoms with E-state index in [-0.39, 0.29) is 24.8 Å². The number of aliphatic hydroxyl groups is 1. The van der Waals surface area contributed by atoms with E-state index in [2.05, 4.69) is 77.7 Å². The summed E-state index contributed by atoms with van der Waals surface area (Å²) < 4.78 is 7.84. The van der Waals surface area contributed by atoms with E-state index in [4.69, 9.17) is 4.43 Å². The molecule has 26 heavy (non-hydrogen) atoms. The van der Waals surface area contributed by atoms with Crippen LogP contribution in [0.5, 0.6) is 0 Å². The molecule has 0 spiro atoms. The van der Waals surface area contributed by atoms with Crippen molar-refractivity contribution < 1.29 is 9.53 Å². The summed E-state index contributed by atoms with van der Waals surface area (Å²) in [5, 5.41) is 11.8. The Balaban J connectivity index is 2.17. The first kappa shape index (κ1) is 21.9. The van der Waals surface area contributed by atoms with Gasteiger partial charge < -0.3 is 0 Å². The van der Waals surface area contributed by atoms with Crippen LogP contribution in [0.25, 0.3) is 0 Å². The van der Waals surface area contributed by atoms with Crippen LogP contribution in [-0.4, -0.2) is 40.6 Å². The minimum atomic E-state index is -1.87. The normalized spacial score (nSPS) is 27.3. The molecule has 0 heterocycles. The molecule has 2 nitrogen and oxygen atoms in total. The minimum absolute atomic E-state index is 0.165. The van der Waals surface area contributed by atoms with Gasteiger partial charge >= 0.3 is 168 Å². The zero-order chi connectivity index (χ0) is 19.6. The van der Waals surface area contributed by atoms with Crippen molar-refractivity contribution >= 4 is 27.7 Å². The van der Waals surface area contributed by atoms with Crippen molar-refractivity contribution in [2.75, 3.05) is 6.61 Å². The first-order chi connectivity index (χ1) is 11.9. The molecule has 0 saturated heterocycles. The quantitative estimate of drug-likeness (QED) is 0.503. The average Bonchev–Trinajstić information content (AvgIpc) is 2.55. The van der Waals surface area contributed by atoms with E-state index in [0.29, 0.717) is 12.5 Å². The molecule has 0 amide bonds. The fourth-order valence-corrected chi connectivity index (χ4v) is 7.07. The molecule has 1 N–H and O–H groups in total. The Kier molecular flexibility index (Phi) is 7.01. The number of benzene rings is 1. The molecule has 1 fully saturated rings. The monoisotopic (exact) mass is 440 g/mol. The van der Waals surface area contributed by atoms with E-state index in [0.717, 1.165) is 19.3 Å². The van der Waals surface area contributed by atoms with E-state index in [9.17, 15) is 5.11 Å². The van der Waals surface area contributed by atoms with E-state index in [1.165, 1.54) is 10.0 Å². The second-order valence-corrected chi connectivity index (χ2v) is 16.9. The Bertz CT molecular complexity index is 608. The summed E-state index contributed by atoms with van der Waals surface area (Å²) in [5.41, 5.74) is 0.545. The average molecular weight is 440 g/mol. The fourth-order valence-electron chi connectivity index (χ4n) is 3.14. The third kappa shape index (κ3) is 5.33. The van der Waals surface area contributed by atoms with Gasteiger partial charge in [0.2, 0.25) is 0 Å². The molecule has 4 heteroatoms. The van der Waals surface area contributed by atoms with Crippen LogP contribution in [0.1, 0.15) is 47.0 Å². The molecule has 146 valence electrons. The van der Waals surface area contributed by atoms with Crippen LogP contribution in [0.2, 0.25) is 22.9 Å². The molecule has 3 atom stereocenters. The van der Waals surface area contributed by atoms with Gasteiger partial charge in [0.25, 0.3) is 0 Å². The van der Waals surface area contributed by atoms with Crippen LogP contribution in [-0.2, 0) is 4.43 Å². The predicted molar refractivity (Wildman–Crippen MR) is 116 cm³/mol. The van der Waals surface area contributed by atoms with Crippen molar-refractivity contribution in [2.45, 2.75) is 75.5 Å². The molecule has 0 aliphatic heterocycles. The van der Waals surface area contributed by atoms with Crippen molar-refractivity contribution in [3.05, 3.63) is 42.5 Å². The van der Waals surface area contributed by atoms with Gasteiger partial charge in [0.15, 0.2) is 0 Å². The van der Waals surface area contributed by atoms with Gasteiger partial charge in [-0.05, 0) is 0 Å². The van der Waals surface area contributed by atoms with Gasteiger partial charge in [0.05, 0.1) is 0 Å². The van der Waals surface area contributed by atoms with Gasteiger partial charge in [-0.15, -0.1) is 0 Å². The summed E-state index contributed by atoms with van der Waals surface area (Å²) >= 11 is 0.237. The molecule has 0 radical (unpaired) electrons. The molecule has 0 aromatic heterocycles. The van der Waals surface area contributed by atoms with Gasteiger partial charge in [0, 0.05) is 0 Å². The first-order valence-electron chi connectivity index (χ1n) is 9.68. The van der Waals surface area contributed by atoms with Crippen molar-refractivity contribution in [1.29, 1.82) is 0 Å². The van der Waals surface area contributed by atoms with Crippen LogP contribution in [0, 0.1) is 5.92 Å². The SMILES string of the molecule is C=C(C)[C@@H]1CC[C@](O)(CO[Si](C)(C)C(C)(C)C)[C@H]([Se]c2ccccc2)C1. The Morgan fingerprint density at radius 3 is 2.46 bits per heavy atom. The Hall–Kier alpha value is -0.384. The molecule has 1 aliphatic carbocycles. The van der Waals surface area contributed by atoms with E-state index >= 15 is 0 Å². The van der Waals surface area contributed by atoms with Crippen molar-refractivity contribution in [2.24, 2.45) is 5.92 Å². The van der Waals surface area contributed by atoms with Crippen LogP contribution in [0.4, 0.5) is 0 Å². The molecule has 1 aliphatic rings. The molecular formula is C22H36O2SeSi. The number of rotatable bonds is 6. The van der Waals surface area contributed by atoms with E-state index in [1.54, 1.807) is 0 Å². The van der Waals surface area contributed by atoms with Crippen LogP contribution < -0.4 is 4.46 Å².